The number of urea groups is 1. The van der Waals surface area contributed by atoms with E-state index in [2.05, 4.69) is 41.3 Å². The molecule has 3 rings (SSSR count). The zero-order valence-electron chi connectivity index (χ0n) is 16.2. The number of halogens is 2. The number of aromatic nitrogens is 2. The molecule has 31 heavy (non-hydrogen) atoms. The quantitative estimate of drug-likeness (QED) is 0.204. The second-order valence-electron chi connectivity index (χ2n) is 5.85. The molecular weight excluding hydrogens is 479 g/mol. The SMILES string of the molecule is COc1ccc(N(C(=O)Nc2nonc2C(N)=NO)c2ccc(F)c(Br)c2)cc1OC. The van der Waals surface area contributed by atoms with Crippen molar-refractivity contribution in [2.75, 3.05) is 24.4 Å². The highest BCUT2D eigenvalue weighted by Crippen LogP contribution is 2.36. The van der Waals surface area contributed by atoms with Gasteiger partial charge in [0, 0.05) is 6.07 Å². The second kappa shape index (κ2) is 9.30. The summed E-state index contributed by atoms with van der Waals surface area (Å²) in [5, 5.41) is 21.2. The highest BCUT2D eigenvalue weighted by Gasteiger charge is 2.24. The molecule has 1 heterocycles. The van der Waals surface area contributed by atoms with Gasteiger partial charge in [-0.2, -0.15) is 0 Å². The van der Waals surface area contributed by atoms with Gasteiger partial charge >= 0.3 is 6.03 Å². The van der Waals surface area contributed by atoms with Crippen LogP contribution >= 0.6 is 15.9 Å². The van der Waals surface area contributed by atoms with E-state index < -0.39 is 17.7 Å². The predicted octanol–water partition coefficient (Wildman–Crippen LogP) is 3.45. The van der Waals surface area contributed by atoms with Crippen LogP contribution in [0.5, 0.6) is 11.5 Å². The number of hydrogen-bond donors (Lipinski definition) is 3. The molecule has 0 saturated heterocycles. The van der Waals surface area contributed by atoms with Gasteiger partial charge in [-0.25, -0.2) is 13.8 Å². The lowest BCUT2D eigenvalue weighted by Crippen LogP contribution is -2.32. The Morgan fingerprint density at radius 3 is 2.52 bits per heavy atom. The summed E-state index contributed by atoms with van der Waals surface area (Å²) < 4.78 is 29.0. The molecule has 3 aromatic rings. The minimum absolute atomic E-state index is 0.142. The van der Waals surface area contributed by atoms with Crippen LogP contribution in [0.25, 0.3) is 0 Å². The number of amidine groups is 1. The van der Waals surface area contributed by atoms with Gasteiger partial charge in [-0.15, -0.1) is 0 Å². The minimum Gasteiger partial charge on any atom is -0.493 e. The molecule has 0 radical (unpaired) electrons. The summed E-state index contributed by atoms with van der Waals surface area (Å²) in [6.45, 7) is 0. The molecule has 0 aliphatic carbocycles. The van der Waals surface area contributed by atoms with Gasteiger partial charge in [0.2, 0.25) is 5.82 Å². The van der Waals surface area contributed by atoms with E-state index in [1.54, 1.807) is 18.2 Å². The maximum Gasteiger partial charge on any atom is 0.332 e. The first kappa shape index (κ1) is 21.8. The van der Waals surface area contributed by atoms with Crippen molar-refractivity contribution < 1.29 is 28.5 Å². The molecule has 0 atom stereocenters. The highest BCUT2D eigenvalue weighted by molar-refractivity contribution is 9.10. The number of nitrogens with zero attached hydrogens (tertiary/aromatic N) is 4. The van der Waals surface area contributed by atoms with E-state index in [-0.39, 0.29) is 16.0 Å². The largest absolute Gasteiger partial charge is 0.493 e. The zero-order chi connectivity index (χ0) is 22.5. The van der Waals surface area contributed by atoms with Crippen molar-refractivity contribution in [3.05, 3.63) is 52.4 Å². The second-order valence-corrected chi connectivity index (χ2v) is 6.70. The van der Waals surface area contributed by atoms with Crippen LogP contribution in [0.2, 0.25) is 0 Å². The molecule has 0 bridgehead atoms. The van der Waals surface area contributed by atoms with E-state index in [0.29, 0.717) is 22.9 Å². The van der Waals surface area contributed by atoms with Gasteiger partial charge in [0.05, 0.1) is 30.1 Å². The Morgan fingerprint density at radius 1 is 1.19 bits per heavy atom. The van der Waals surface area contributed by atoms with E-state index in [1.165, 1.54) is 37.3 Å². The van der Waals surface area contributed by atoms with Crippen molar-refractivity contribution >= 4 is 45.0 Å². The fourth-order valence-corrected chi connectivity index (χ4v) is 2.98. The van der Waals surface area contributed by atoms with Crippen LogP contribution in [0.3, 0.4) is 0 Å². The number of amides is 2. The molecule has 2 amide bonds. The van der Waals surface area contributed by atoms with Crippen molar-refractivity contribution in [3.8, 4) is 11.5 Å². The van der Waals surface area contributed by atoms with Crippen LogP contribution in [0.1, 0.15) is 5.69 Å². The van der Waals surface area contributed by atoms with Crippen molar-refractivity contribution in [2.24, 2.45) is 10.9 Å². The number of benzene rings is 2. The van der Waals surface area contributed by atoms with Crippen LogP contribution in [0, 0.1) is 5.82 Å². The lowest BCUT2D eigenvalue weighted by atomic mass is 10.2. The summed E-state index contributed by atoms with van der Waals surface area (Å²) >= 11 is 3.11. The van der Waals surface area contributed by atoms with Gasteiger partial charge in [0.25, 0.3) is 0 Å². The fourth-order valence-electron chi connectivity index (χ4n) is 2.61. The number of hydrogen-bond acceptors (Lipinski definition) is 8. The third-order valence-corrected chi connectivity index (χ3v) is 4.66. The van der Waals surface area contributed by atoms with Gasteiger partial charge in [-0.1, -0.05) is 5.16 Å². The number of carbonyl (C=O) groups is 1. The number of rotatable bonds is 6. The molecule has 4 N–H and O–H groups in total. The maximum absolute atomic E-state index is 13.8. The predicted molar refractivity (Wildman–Crippen MR) is 112 cm³/mol. The molecule has 0 unspecified atom stereocenters. The van der Waals surface area contributed by atoms with E-state index in [4.69, 9.17) is 20.4 Å². The van der Waals surface area contributed by atoms with E-state index in [0.717, 1.165) is 0 Å². The Hall–Kier alpha value is -3.87. The lowest BCUT2D eigenvalue weighted by molar-refractivity contribution is 0.258. The third-order valence-electron chi connectivity index (χ3n) is 4.05. The Morgan fingerprint density at radius 2 is 1.87 bits per heavy atom. The first-order valence-corrected chi connectivity index (χ1v) is 9.27. The Balaban J connectivity index is 2.07. The average molecular weight is 495 g/mol. The third kappa shape index (κ3) is 4.50. The Labute approximate surface area is 183 Å². The molecule has 2 aromatic carbocycles. The van der Waals surface area contributed by atoms with Crippen molar-refractivity contribution in [1.82, 2.24) is 10.3 Å². The molecule has 1 aromatic heterocycles. The molecule has 0 aliphatic heterocycles. The molecule has 13 heteroatoms. The van der Waals surface area contributed by atoms with Crippen LogP contribution in [0.4, 0.5) is 26.4 Å². The number of ether oxygens (including phenoxy) is 2. The standard InChI is InChI=1S/C18H16BrFN6O5/c1-29-13-6-4-10(8-14(13)30-2)26(9-3-5-12(20)11(19)7-9)18(27)22-17-15(16(21)23-28)24-31-25-17/h3-8,28H,1-2H3,(H2,21,23)(H,22,25,27). The highest BCUT2D eigenvalue weighted by atomic mass is 79.9. The van der Waals surface area contributed by atoms with Gasteiger partial charge in [0.15, 0.2) is 23.0 Å². The van der Waals surface area contributed by atoms with Gasteiger partial charge in [0.1, 0.15) is 5.82 Å². The summed E-state index contributed by atoms with van der Waals surface area (Å²) in [6.07, 6.45) is 0. The van der Waals surface area contributed by atoms with Crippen LogP contribution in [-0.4, -0.2) is 41.6 Å². The summed E-state index contributed by atoms with van der Waals surface area (Å²) in [6, 6.07) is 8.05. The van der Waals surface area contributed by atoms with Crippen molar-refractivity contribution in [2.45, 2.75) is 0 Å². The first-order chi connectivity index (χ1) is 14.9. The van der Waals surface area contributed by atoms with Crippen molar-refractivity contribution in [1.29, 1.82) is 0 Å². The summed E-state index contributed by atoms with van der Waals surface area (Å²) in [5.74, 6) is -0.307. The normalized spacial score (nSPS) is 11.2. The molecule has 11 nitrogen and oxygen atoms in total. The van der Waals surface area contributed by atoms with E-state index >= 15 is 0 Å². The number of nitrogens with two attached hydrogens (primary N) is 1. The van der Waals surface area contributed by atoms with E-state index in [1.807, 2.05) is 0 Å². The number of nitrogens with one attached hydrogen (secondary N) is 1. The molecule has 162 valence electrons. The monoisotopic (exact) mass is 494 g/mol. The molecule has 0 saturated carbocycles. The van der Waals surface area contributed by atoms with Crippen LogP contribution in [-0.2, 0) is 0 Å². The smallest absolute Gasteiger partial charge is 0.332 e. The van der Waals surface area contributed by atoms with E-state index in [9.17, 15) is 9.18 Å². The molecule has 0 fully saturated rings. The summed E-state index contributed by atoms with van der Waals surface area (Å²) in [4.78, 5) is 14.4. The number of carbonyl (C=O) groups excluding carboxylic acids is 1. The molecular formula is C18H16BrFN6O5. The minimum atomic E-state index is -0.728. The summed E-state index contributed by atoms with van der Waals surface area (Å²) in [7, 11) is 2.93. The van der Waals surface area contributed by atoms with Gasteiger partial charge in [-0.3, -0.25) is 10.2 Å². The zero-order valence-corrected chi connectivity index (χ0v) is 17.8. The van der Waals surface area contributed by atoms with Gasteiger partial charge in [-0.05, 0) is 56.6 Å². The molecule has 0 aliphatic rings. The van der Waals surface area contributed by atoms with Crippen molar-refractivity contribution in [3.63, 3.8) is 0 Å². The number of methoxy groups -OCH3 is 2. The Kier molecular flexibility index (Phi) is 6.55. The molecule has 0 spiro atoms. The first-order valence-electron chi connectivity index (χ1n) is 8.48. The average Bonchev–Trinajstić information content (AvgIpc) is 3.23. The fraction of sp³-hybridized carbons (Fsp3) is 0.111. The maximum atomic E-state index is 13.8. The van der Waals surface area contributed by atoms with Crippen LogP contribution < -0.4 is 25.4 Å². The van der Waals surface area contributed by atoms with Gasteiger partial charge < -0.3 is 20.4 Å². The number of anilines is 3. The summed E-state index contributed by atoms with van der Waals surface area (Å²) in [5.41, 5.74) is 6.00. The Bertz CT molecular complexity index is 1140. The topological polar surface area (TPSA) is 148 Å². The van der Waals surface area contributed by atoms with Crippen LogP contribution in [0.15, 0.2) is 50.7 Å². The number of oxime groups is 1. The lowest BCUT2D eigenvalue weighted by Gasteiger charge is -2.24.